The maximum absolute atomic E-state index is 6.29. The standard InChI is InChI=1S/C17H24N6O/c1-2-17(12-23(5-1)10-15-8-19-13-22-15)6-14(11-24-17)7-21-16-9-18-3-4-20-16/h3-4,8-9,13-14H,1-2,5-7,10-12H2,(H,19,22)(H,20,21). The highest BCUT2D eigenvalue weighted by atomic mass is 16.5. The second-order valence-electron chi connectivity index (χ2n) is 6.93. The van der Waals surface area contributed by atoms with Crippen LogP contribution in [-0.2, 0) is 11.3 Å². The van der Waals surface area contributed by atoms with Crippen molar-refractivity contribution in [1.82, 2.24) is 24.8 Å². The summed E-state index contributed by atoms with van der Waals surface area (Å²) < 4.78 is 6.29. The first kappa shape index (κ1) is 15.5. The second-order valence-corrected chi connectivity index (χ2v) is 6.93. The van der Waals surface area contributed by atoms with Gasteiger partial charge in [-0.15, -0.1) is 0 Å². The Morgan fingerprint density at radius 1 is 1.33 bits per heavy atom. The van der Waals surface area contributed by atoms with Gasteiger partial charge in [0.1, 0.15) is 5.82 Å². The minimum Gasteiger partial charge on any atom is -0.373 e. The van der Waals surface area contributed by atoms with Crippen molar-refractivity contribution in [2.24, 2.45) is 5.92 Å². The molecule has 0 aromatic carbocycles. The topological polar surface area (TPSA) is 79.0 Å². The van der Waals surface area contributed by atoms with Gasteiger partial charge in [-0.1, -0.05) is 0 Å². The van der Waals surface area contributed by atoms with Gasteiger partial charge in [-0.25, -0.2) is 9.97 Å². The molecule has 0 bridgehead atoms. The van der Waals surface area contributed by atoms with E-state index in [9.17, 15) is 0 Å². The fourth-order valence-corrected chi connectivity index (χ4v) is 3.93. The van der Waals surface area contributed by atoms with Gasteiger partial charge < -0.3 is 15.0 Å². The number of likely N-dealkylation sites (tertiary alicyclic amines) is 1. The van der Waals surface area contributed by atoms with Crippen LogP contribution < -0.4 is 5.32 Å². The Balaban J connectivity index is 1.31. The summed E-state index contributed by atoms with van der Waals surface area (Å²) in [6, 6.07) is 0. The molecular formula is C17H24N6O. The summed E-state index contributed by atoms with van der Waals surface area (Å²) >= 11 is 0. The van der Waals surface area contributed by atoms with Crippen LogP contribution in [0.25, 0.3) is 0 Å². The molecule has 0 amide bonds. The molecule has 24 heavy (non-hydrogen) atoms. The number of piperidine rings is 1. The summed E-state index contributed by atoms with van der Waals surface area (Å²) in [5.74, 6) is 1.36. The molecule has 2 aromatic rings. The summed E-state index contributed by atoms with van der Waals surface area (Å²) in [7, 11) is 0. The lowest BCUT2D eigenvalue weighted by Gasteiger charge is -2.39. The molecule has 2 atom stereocenters. The van der Waals surface area contributed by atoms with Crippen molar-refractivity contribution in [3.8, 4) is 0 Å². The van der Waals surface area contributed by atoms with E-state index >= 15 is 0 Å². The number of nitrogens with zero attached hydrogens (tertiary/aromatic N) is 4. The van der Waals surface area contributed by atoms with Gasteiger partial charge in [0, 0.05) is 49.8 Å². The Labute approximate surface area is 141 Å². The molecule has 4 heterocycles. The van der Waals surface area contributed by atoms with Crippen molar-refractivity contribution in [2.45, 2.75) is 31.4 Å². The molecule has 2 aliphatic rings. The lowest BCUT2D eigenvalue weighted by Crippen LogP contribution is -2.47. The molecule has 0 saturated carbocycles. The molecule has 0 radical (unpaired) electrons. The fourth-order valence-electron chi connectivity index (χ4n) is 3.93. The molecule has 2 aromatic heterocycles. The predicted octanol–water partition coefficient (Wildman–Crippen LogP) is 1.68. The van der Waals surface area contributed by atoms with Crippen molar-refractivity contribution < 1.29 is 4.74 Å². The zero-order valence-electron chi connectivity index (χ0n) is 13.8. The van der Waals surface area contributed by atoms with Crippen LogP contribution in [0.1, 0.15) is 25.0 Å². The normalized spacial score (nSPS) is 27.6. The first-order valence-corrected chi connectivity index (χ1v) is 8.65. The highest BCUT2D eigenvalue weighted by Crippen LogP contribution is 2.37. The molecule has 0 aliphatic carbocycles. The molecule has 2 aliphatic heterocycles. The number of anilines is 1. The Kier molecular flexibility index (Phi) is 4.44. The minimum absolute atomic E-state index is 0.0208. The molecular weight excluding hydrogens is 304 g/mol. The maximum atomic E-state index is 6.29. The van der Waals surface area contributed by atoms with E-state index in [1.807, 2.05) is 6.20 Å². The zero-order valence-corrected chi connectivity index (χ0v) is 13.8. The third-order valence-corrected chi connectivity index (χ3v) is 4.99. The molecule has 4 rings (SSSR count). The van der Waals surface area contributed by atoms with Crippen molar-refractivity contribution in [3.05, 3.63) is 36.8 Å². The number of ether oxygens (including phenoxy) is 1. The molecule has 7 heteroatoms. The summed E-state index contributed by atoms with van der Waals surface area (Å²) in [4.78, 5) is 18.1. The number of hydrogen-bond donors (Lipinski definition) is 2. The Hall–Kier alpha value is -1.99. The van der Waals surface area contributed by atoms with E-state index in [0.717, 1.165) is 51.4 Å². The average Bonchev–Trinajstić information content (AvgIpc) is 3.25. The van der Waals surface area contributed by atoms with Gasteiger partial charge >= 0.3 is 0 Å². The zero-order chi connectivity index (χ0) is 16.2. The van der Waals surface area contributed by atoms with Crippen molar-refractivity contribution >= 4 is 5.82 Å². The number of aromatic nitrogens is 4. The van der Waals surface area contributed by atoms with Crippen LogP contribution >= 0.6 is 0 Å². The molecule has 2 unspecified atom stereocenters. The quantitative estimate of drug-likeness (QED) is 0.869. The fraction of sp³-hybridized carbons (Fsp3) is 0.588. The van der Waals surface area contributed by atoms with Gasteiger partial charge in [0.2, 0.25) is 0 Å². The van der Waals surface area contributed by atoms with Crippen LogP contribution in [0.2, 0.25) is 0 Å². The van der Waals surface area contributed by atoms with Crippen molar-refractivity contribution in [3.63, 3.8) is 0 Å². The van der Waals surface area contributed by atoms with E-state index in [1.165, 1.54) is 12.1 Å². The molecule has 1 spiro atoms. The predicted molar refractivity (Wildman–Crippen MR) is 90.4 cm³/mol. The number of nitrogens with one attached hydrogen (secondary N) is 2. The van der Waals surface area contributed by atoms with Gasteiger partial charge in [-0.2, -0.15) is 0 Å². The van der Waals surface area contributed by atoms with E-state index in [1.54, 1.807) is 24.9 Å². The summed E-state index contributed by atoms with van der Waals surface area (Å²) in [5, 5.41) is 3.38. The van der Waals surface area contributed by atoms with Crippen molar-refractivity contribution in [2.75, 3.05) is 31.6 Å². The van der Waals surface area contributed by atoms with Gasteiger partial charge in [0.05, 0.1) is 24.7 Å². The smallest absolute Gasteiger partial charge is 0.144 e. The largest absolute Gasteiger partial charge is 0.373 e. The van der Waals surface area contributed by atoms with Crippen LogP contribution in [0.4, 0.5) is 5.82 Å². The van der Waals surface area contributed by atoms with Crippen LogP contribution in [0.3, 0.4) is 0 Å². The third-order valence-electron chi connectivity index (χ3n) is 4.99. The van der Waals surface area contributed by atoms with Crippen LogP contribution in [-0.4, -0.2) is 56.7 Å². The van der Waals surface area contributed by atoms with Crippen molar-refractivity contribution in [1.29, 1.82) is 0 Å². The molecule has 128 valence electrons. The van der Waals surface area contributed by atoms with E-state index in [0.29, 0.717) is 5.92 Å². The summed E-state index contributed by atoms with van der Waals surface area (Å²) in [6.45, 7) is 4.78. The second kappa shape index (κ2) is 6.86. The number of hydrogen-bond acceptors (Lipinski definition) is 6. The third kappa shape index (κ3) is 3.57. The van der Waals surface area contributed by atoms with Gasteiger partial charge in [-0.05, 0) is 25.8 Å². The monoisotopic (exact) mass is 328 g/mol. The highest BCUT2D eigenvalue weighted by Gasteiger charge is 2.43. The SMILES string of the molecule is c1cnc(NCC2COC3(CCCN(Cc4cnc[nH]4)C3)C2)cn1. The molecule has 2 fully saturated rings. The molecule has 2 saturated heterocycles. The average molecular weight is 328 g/mol. The lowest BCUT2D eigenvalue weighted by molar-refractivity contribution is -0.0537. The van der Waals surface area contributed by atoms with E-state index in [-0.39, 0.29) is 5.60 Å². The Morgan fingerprint density at radius 2 is 2.33 bits per heavy atom. The van der Waals surface area contributed by atoms with Crippen LogP contribution in [0.5, 0.6) is 0 Å². The number of rotatable bonds is 5. The van der Waals surface area contributed by atoms with E-state index in [2.05, 4.69) is 30.2 Å². The van der Waals surface area contributed by atoms with Gasteiger partial charge in [0.15, 0.2) is 0 Å². The first-order chi connectivity index (χ1) is 11.8. The number of aromatic amines is 1. The maximum Gasteiger partial charge on any atom is 0.144 e. The summed E-state index contributed by atoms with van der Waals surface area (Å²) in [6.07, 6.45) is 12.3. The van der Waals surface area contributed by atoms with Gasteiger partial charge in [0.25, 0.3) is 0 Å². The minimum atomic E-state index is 0.0208. The summed E-state index contributed by atoms with van der Waals surface area (Å²) in [5.41, 5.74) is 1.19. The number of H-pyrrole nitrogens is 1. The van der Waals surface area contributed by atoms with E-state index < -0.39 is 0 Å². The van der Waals surface area contributed by atoms with Gasteiger partial charge in [-0.3, -0.25) is 9.88 Å². The Morgan fingerprint density at radius 3 is 3.17 bits per heavy atom. The highest BCUT2D eigenvalue weighted by molar-refractivity contribution is 5.29. The van der Waals surface area contributed by atoms with Crippen LogP contribution in [0.15, 0.2) is 31.1 Å². The molecule has 7 nitrogen and oxygen atoms in total. The number of imidazole rings is 1. The van der Waals surface area contributed by atoms with Crippen LogP contribution in [0, 0.1) is 5.92 Å². The lowest BCUT2D eigenvalue weighted by atomic mass is 9.86. The molecule has 2 N–H and O–H groups in total. The first-order valence-electron chi connectivity index (χ1n) is 8.65. The Bertz CT molecular complexity index is 634. The van der Waals surface area contributed by atoms with E-state index in [4.69, 9.17) is 4.74 Å².